The molecule has 1 aromatic heterocycles. The molecular weight excluding hydrogens is 549 g/mol. The summed E-state index contributed by atoms with van der Waals surface area (Å²) in [5.74, 6) is 0.319. The van der Waals surface area contributed by atoms with Crippen molar-refractivity contribution in [2.24, 2.45) is 0 Å². The highest BCUT2D eigenvalue weighted by atomic mass is 35.5. The number of nitrogens with one attached hydrogen (secondary N) is 1. The average molecular weight is 572 g/mol. The maximum Gasteiger partial charge on any atom is 0.258 e. The van der Waals surface area contributed by atoms with E-state index in [1.165, 1.54) is 16.4 Å². The van der Waals surface area contributed by atoms with E-state index in [1.807, 2.05) is 12.1 Å². The van der Waals surface area contributed by atoms with E-state index in [4.69, 9.17) is 27.7 Å². The third-order valence-electron chi connectivity index (χ3n) is 6.13. The molecule has 1 aliphatic rings. The molecule has 3 aromatic carbocycles. The lowest BCUT2D eigenvalue weighted by atomic mass is 10.1. The Hall–Kier alpha value is -3.44. The summed E-state index contributed by atoms with van der Waals surface area (Å²) >= 11 is 12.2. The molecule has 1 amide bonds. The molecule has 0 bridgehead atoms. The first-order chi connectivity index (χ1) is 18.2. The van der Waals surface area contributed by atoms with Crippen LogP contribution in [0.2, 0.25) is 10.0 Å². The second kappa shape index (κ2) is 10.7. The van der Waals surface area contributed by atoms with Gasteiger partial charge in [-0.05, 0) is 61.5 Å². The number of hydrogen-bond acceptors (Lipinski definition) is 7. The Balaban J connectivity index is 1.26. The number of nitrogens with zero attached hydrogens (tertiary/aromatic N) is 4. The van der Waals surface area contributed by atoms with Crippen molar-refractivity contribution in [1.82, 2.24) is 14.4 Å². The molecule has 4 aromatic rings. The molecule has 38 heavy (non-hydrogen) atoms. The van der Waals surface area contributed by atoms with E-state index >= 15 is 0 Å². The highest BCUT2D eigenvalue weighted by Crippen LogP contribution is 2.28. The van der Waals surface area contributed by atoms with E-state index in [1.54, 1.807) is 49.4 Å². The van der Waals surface area contributed by atoms with Gasteiger partial charge in [-0.15, -0.1) is 0 Å². The molecular formula is C26H23Cl2N5O4S. The standard InChI is InChI=1S/C26H23Cl2N5O4S/c1-17-29-26(37-31-17)24-5-3-2-4-23(24)25(34)30-20-6-8-22(9-7-20)38(35,36)33-12-10-32(11-13-33)21-15-18(27)14-19(28)16-21/h2-9,14-16H,10-13H2,1H3,(H,30,34). The lowest BCUT2D eigenvalue weighted by Crippen LogP contribution is -2.48. The lowest BCUT2D eigenvalue weighted by molar-refractivity contribution is 0.102. The number of rotatable bonds is 6. The Bertz CT molecular complexity index is 1560. The SMILES string of the molecule is Cc1noc(-c2ccccc2C(=O)Nc2ccc(S(=O)(=O)N3CCN(c4cc(Cl)cc(Cl)c4)CC3)cc2)n1. The van der Waals surface area contributed by atoms with E-state index in [-0.39, 0.29) is 16.7 Å². The smallest absolute Gasteiger partial charge is 0.258 e. The first-order valence-electron chi connectivity index (χ1n) is 11.7. The first kappa shape index (κ1) is 26.2. The third-order valence-corrected chi connectivity index (χ3v) is 8.48. The molecule has 0 aliphatic carbocycles. The largest absolute Gasteiger partial charge is 0.369 e. The number of sulfonamides is 1. The van der Waals surface area contributed by atoms with Crippen molar-refractivity contribution in [2.75, 3.05) is 36.4 Å². The van der Waals surface area contributed by atoms with Gasteiger partial charge >= 0.3 is 0 Å². The second-order valence-electron chi connectivity index (χ2n) is 8.69. The van der Waals surface area contributed by atoms with Crippen molar-refractivity contribution >= 4 is 50.5 Å². The first-order valence-corrected chi connectivity index (χ1v) is 13.9. The molecule has 1 saturated heterocycles. The highest BCUT2D eigenvalue weighted by Gasteiger charge is 2.29. The quantitative estimate of drug-likeness (QED) is 0.342. The molecule has 0 unspecified atom stereocenters. The summed E-state index contributed by atoms with van der Waals surface area (Å²) in [5.41, 5.74) is 2.17. The Kier molecular flexibility index (Phi) is 7.40. The van der Waals surface area contributed by atoms with Crippen LogP contribution in [0.15, 0.2) is 76.1 Å². The number of hydrogen-bond donors (Lipinski definition) is 1. The van der Waals surface area contributed by atoms with Crippen LogP contribution in [-0.2, 0) is 10.0 Å². The minimum Gasteiger partial charge on any atom is -0.369 e. The number of aromatic nitrogens is 2. The summed E-state index contributed by atoms with van der Waals surface area (Å²) in [5, 5.41) is 7.65. The van der Waals surface area contributed by atoms with Gasteiger partial charge in [0.1, 0.15) is 0 Å². The molecule has 196 valence electrons. The maximum absolute atomic E-state index is 13.3. The Morgan fingerprint density at radius 3 is 2.24 bits per heavy atom. The van der Waals surface area contributed by atoms with Crippen LogP contribution in [0.4, 0.5) is 11.4 Å². The number of amides is 1. The van der Waals surface area contributed by atoms with Gasteiger partial charge in [0.2, 0.25) is 10.0 Å². The molecule has 0 radical (unpaired) electrons. The van der Waals surface area contributed by atoms with Gasteiger partial charge in [0.05, 0.1) is 16.0 Å². The Morgan fingerprint density at radius 2 is 1.61 bits per heavy atom. The van der Waals surface area contributed by atoms with Gasteiger partial charge in [0.15, 0.2) is 5.82 Å². The van der Waals surface area contributed by atoms with Crippen molar-refractivity contribution in [3.63, 3.8) is 0 Å². The third kappa shape index (κ3) is 5.53. The van der Waals surface area contributed by atoms with Crippen molar-refractivity contribution in [2.45, 2.75) is 11.8 Å². The number of aryl methyl sites for hydroxylation is 1. The topological polar surface area (TPSA) is 109 Å². The van der Waals surface area contributed by atoms with Gasteiger partial charge in [0.25, 0.3) is 11.8 Å². The molecule has 0 spiro atoms. The summed E-state index contributed by atoms with van der Waals surface area (Å²) in [6, 6.07) is 18.3. The van der Waals surface area contributed by atoms with Gasteiger partial charge in [0, 0.05) is 47.6 Å². The van der Waals surface area contributed by atoms with Crippen LogP contribution in [0, 0.1) is 6.92 Å². The van der Waals surface area contributed by atoms with Crippen LogP contribution in [0.25, 0.3) is 11.5 Å². The molecule has 1 fully saturated rings. The zero-order valence-electron chi connectivity index (χ0n) is 20.3. The van der Waals surface area contributed by atoms with Crippen LogP contribution in [0.1, 0.15) is 16.2 Å². The Labute approximate surface area is 230 Å². The van der Waals surface area contributed by atoms with Crippen molar-refractivity contribution in [3.8, 4) is 11.5 Å². The molecule has 1 N–H and O–H groups in total. The van der Waals surface area contributed by atoms with Crippen molar-refractivity contribution in [1.29, 1.82) is 0 Å². The summed E-state index contributed by atoms with van der Waals surface area (Å²) in [6.45, 7) is 3.33. The van der Waals surface area contributed by atoms with Crippen LogP contribution < -0.4 is 10.2 Å². The van der Waals surface area contributed by atoms with Crippen molar-refractivity contribution in [3.05, 3.63) is 88.2 Å². The van der Waals surface area contributed by atoms with E-state index in [9.17, 15) is 13.2 Å². The monoisotopic (exact) mass is 571 g/mol. The van der Waals surface area contributed by atoms with E-state index in [2.05, 4.69) is 20.4 Å². The van der Waals surface area contributed by atoms with Crippen LogP contribution in [-0.4, -0.2) is 54.9 Å². The molecule has 5 rings (SSSR count). The number of anilines is 2. The van der Waals surface area contributed by atoms with Crippen molar-refractivity contribution < 1.29 is 17.7 Å². The number of piperazine rings is 1. The summed E-state index contributed by atoms with van der Waals surface area (Å²) in [4.78, 5) is 19.4. The predicted octanol–water partition coefficient (Wildman–Crippen LogP) is 5.12. The molecule has 12 heteroatoms. The molecule has 9 nitrogen and oxygen atoms in total. The van der Waals surface area contributed by atoms with E-state index in [0.29, 0.717) is 58.9 Å². The lowest BCUT2D eigenvalue weighted by Gasteiger charge is -2.35. The average Bonchev–Trinajstić information content (AvgIpc) is 3.34. The number of carbonyl (C=O) groups is 1. The second-order valence-corrected chi connectivity index (χ2v) is 11.5. The van der Waals surface area contributed by atoms with Crippen LogP contribution in [0.5, 0.6) is 0 Å². The fourth-order valence-electron chi connectivity index (χ4n) is 4.24. The van der Waals surface area contributed by atoms with E-state index in [0.717, 1.165) is 5.69 Å². The van der Waals surface area contributed by atoms with Gasteiger partial charge in [-0.1, -0.05) is 40.5 Å². The molecule has 0 saturated carbocycles. The zero-order valence-corrected chi connectivity index (χ0v) is 22.6. The van der Waals surface area contributed by atoms with Gasteiger partial charge < -0.3 is 14.7 Å². The fourth-order valence-corrected chi connectivity index (χ4v) is 6.18. The maximum atomic E-state index is 13.3. The number of benzene rings is 3. The van der Waals surface area contributed by atoms with Gasteiger partial charge in [-0.2, -0.15) is 9.29 Å². The summed E-state index contributed by atoms with van der Waals surface area (Å²) in [7, 11) is -3.71. The Morgan fingerprint density at radius 1 is 0.947 bits per heavy atom. The van der Waals surface area contributed by atoms with Gasteiger partial charge in [-0.25, -0.2) is 8.42 Å². The zero-order chi connectivity index (χ0) is 26.9. The molecule has 2 heterocycles. The normalized spacial score (nSPS) is 14.4. The highest BCUT2D eigenvalue weighted by molar-refractivity contribution is 7.89. The van der Waals surface area contributed by atoms with Crippen LogP contribution in [0.3, 0.4) is 0 Å². The predicted molar refractivity (Wildman–Crippen MR) is 146 cm³/mol. The number of halogens is 2. The molecule has 0 atom stereocenters. The summed E-state index contributed by atoms with van der Waals surface area (Å²) < 4.78 is 33.2. The minimum absolute atomic E-state index is 0.150. The minimum atomic E-state index is -3.71. The van der Waals surface area contributed by atoms with Gasteiger partial charge in [-0.3, -0.25) is 4.79 Å². The number of carbonyl (C=O) groups excluding carboxylic acids is 1. The fraction of sp³-hybridized carbons (Fsp3) is 0.192. The van der Waals surface area contributed by atoms with Crippen LogP contribution >= 0.6 is 23.2 Å². The van der Waals surface area contributed by atoms with E-state index < -0.39 is 10.0 Å². The summed E-state index contributed by atoms with van der Waals surface area (Å²) in [6.07, 6.45) is 0. The molecule has 1 aliphatic heterocycles.